The van der Waals surface area contributed by atoms with Crippen LogP contribution < -0.4 is 5.73 Å². The highest BCUT2D eigenvalue weighted by Gasteiger charge is 2.38. The first-order valence-electron chi connectivity index (χ1n) is 9.33. The van der Waals surface area contributed by atoms with E-state index in [9.17, 15) is 4.79 Å². The van der Waals surface area contributed by atoms with Crippen LogP contribution >= 0.6 is 0 Å². The highest BCUT2D eigenvalue weighted by molar-refractivity contribution is 5.80. The van der Waals surface area contributed by atoms with Crippen LogP contribution in [0.15, 0.2) is 0 Å². The summed E-state index contributed by atoms with van der Waals surface area (Å²) in [7, 11) is 0. The topological polar surface area (TPSA) is 46.3 Å². The Morgan fingerprint density at radius 1 is 0.762 bits per heavy atom. The summed E-state index contributed by atoms with van der Waals surface area (Å²) in [6.07, 6.45) is 15.9. The van der Waals surface area contributed by atoms with Gasteiger partial charge >= 0.3 is 0 Å². The average Bonchev–Trinajstić information content (AvgIpc) is 2.96. The van der Waals surface area contributed by atoms with E-state index >= 15 is 0 Å². The third-order valence-electron chi connectivity index (χ3n) is 6.01. The van der Waals surface area contributed by atoms with E-state index in [2.05, 4.69) is 4.90 Å². The molecule has 0 aromatic carbocycles. The van der Waals surface area contributed by atoms with Crippen LogP contribution in [0.2, 0.25) is 0 Å². The number of amides is 1. The van der Waals surface area contributed by atoms with Crippen LogP contribution in [0.3, 0.4) is 0 Å². The van der Waals surface area contributed by atoms with Gasteiger partial charge in [0, 0.05) is 24.0 Å². The number of carbonyl (C=O) groups excluding carboxylic acids is 1. The average molecular weight is 292 g/mol. The van der Waals surface area contributed by atoms with Gasteiger partial charge in [0.05, 0.1) is 0 Å². The number of carbonyl (C=O) groups is 1. The van der Waals surface area contributed by atoms with Crippen LogP contribution in [-0.4, -0.2) is 28.9 Å². The van der Waals surface area contributed by atoms with Gasteiger partial charge in [-0.05, 0) is 44.9 Å². The van der Waals surface area contributed by atoms with Crippen LogP contribution in [0.4, 0.5) is 0 Å². The van der Waals surface area contributed by atoms with Crippen molar-refractivity contribution in [3.8, 4) is 0 Å². The predicted molar refractivity (Wildman–Crippen MR) is 85.9 cm³/mol. The standard InChI is InChI=1S/C18H32N2O/c19-15-12-11-14(13-15)18(21)20(16-7-3-1-4-8-16)17-9-5-2-6-10-17/h14-17H,1-13,19H2. The summed E-state index contributed by atoms with van der Waals surface area (Å²) in [6.45, 7) is 0. The van der Waals surface area contributed by atoms with Gasteiger partial charge in [0.2, 0.25) is 5.91 Å². The van der Waals surface area contributed by atoms with Crippen molar-refractivity contribution in [1.29, 1.82) is 0 Å². The molecule has 21 heavy (non-hydrogen) atoms. The molecule has 0 spiro atoms. The van der Waals surface area contributed by atoms with Gasteiger partial charge in [-0.3, -0.25) is 4.79 Å². The minimum absolute atomic E-state index is 0.226. The number of hydrogen-bond donors (Lipinski definition) is 1. The quantitative estimate of drug-likeness (QED) is 0.863. The van der Waals surface area contributed by atoms with E-state index in [1.54, 1.807) is 0 Å². The molecule has 0 saturated heterocycles. The Morgan fingerprint density at radius 3 is 1.71 bits per heavy atom. The Bertz CT molecular complexity index is 327. The lowest BCUT2D eigenvalue weighted by Crippen LogP contribution is -2.50. The molecule has 2 N–H and O–H groups in total. The Hall–Kier alpha value is -0.570. The summed E-state index contributed by atoms with van der Waals surface area (Å²) in [5.41, 5.74) is 6.05. The van der Waals surface area contributed by atoms with Crippen molar-refractivity contribution >= 4 is 5.91 Å². The molecule has 0 heterocycles. The molecule has 2 unspecified atom stereocenters. The minimum atomic E-state index is 0.226. The molecule has 120 valence electrons. The predicted octanol–water partition coefficient (Wildman–Crippen LogP) is 3.61. The molecule has 0 aromatic rings. The normalized spacial score (nSPS) is 32.2. The molecule has 1 amide bonds. The summed E-state index contributed by atoms with van der Waals surface area (Å²) in [4.78, 5) is 15.5. The summed E-state index contributed by atoms with van der Waals surface area (Å²) >= 11 is 0. The Balaban J connectivity index is 1.72. The summed E-state index contributed by atoms with van der Waals surface area (Å²) in [5, 5.41) is 0. The largest absolute Gasteiger partial charge is 0.336 e. The van der Waals surface area contributed by atoms with Gasteiger partial charge in [-0.15, -0.1) is 0 Å². The lowest BCUT2D eigenvalue weighted by molar-refractivity contribution is -0.142. The maximum atomic E-state index is 13.2. The molecule has 0 aliphatic heterocycles. The van der Waals surface area contributed by atoms with Gasteiger partial charge in [0.1, 0.15) is 0 Å². The number of nitrogens with zero attached hydrogens (tertiary/aromatic N) is 1. The molecule has 3 rings (SSSR count). The van der Waals surface area contributed by atoms with Crippen molar-refractivity contribution in [2.24, 2.45) is 11.7 Å². The first-order valence-corrected chi connectivity index (χ1v) is 9.33. The zero-order valence-electron chi connectivity index (χ0n) is 13.4. The van der Waals surface area contributed by atoms with Gasteiger partial charge in [-0.2, -0.15) is 0 Å². The van der Waals surface area contributed by atoms with E-state index in [4.69, 9.17) is 5.73 Å². The van der Waals surface area contributed by atoms with Gasteiger partial charge in [0.15, 0.2) is 0 Å². The third-order valence-corrected chi connectivity index (χ3v) is 6.01. The van der Waals surface area contributed by atoms with E-state index in [1.165, 1.54) is 64.2 Å². The SMILES string of the molecule is NC1CCC(C(=O)N(C2CCCCC2)C2CCCCC2)C1. The molecule has 3 aliphatic carbocycles. The van der Waals surface area contributed by atoms with Crippen LogP contribution in [0.25, 0.3) is 0 Å². The maximum Gasteiger partial charge on any atom is 0.226 e. The second-order valence-corrected chi connectivity index (χ2v) is 7.60. The fourth-order valence-corrected chi connectivity index (χ4v) is 4.83. The molecule has 3 nitrogen and oxygen atoms in total. The number of hydrogen-bond acceptors (Lipinski definition) is 2. The summed E-state index contributed by atoms with van der Waals surface area (Å²) in [5.74, 6) is 0.686. The zero-order valence-corrected chi connectivity index (χ0v) is 13.4. The Morgan fingerprint density at radius 2 is 1.29 bits per heavy atom. The van der Waals surface area contributed by atoms with Crippen molar-refractivity contribution in [2.45, 2.75) is 102 Å². The highest BCUT2D eigenvalue weighted by atomic mass is 16.2. The fourth-order valence-electron chi connectivity index (χ4n) is 4.83. The van der Waals surface area contributed by atoms with Crippen molar-refractivity contribution in [3.63, 3.8) is 0 Å². The van der Waals surface area contributed by atoms with E-state index in [-0.39, 0.29) is 12.0 Å². The lowest BCUT2D eigenvalue weighted by atomic mass is 9.87. The lowest BCUT2D eigenvalue weighted by Gasteiger charge is -2.43. The molecular formula is C18H32N2O. The highest BCUT2D eigenvalue weighted by Crippen LogP contribution is 2.34. The maximum absolute atomic E-state index is 13.2. The summed E-state index contributed by atoms with van der Waals surface area (Å²) in [6, 6.07) is 1.33. The molecule has 0 radical (unpaired) electrons. The molecule has 3 heteroatoms. The summed E-state index contributed by atoms with van der Waals surface area (Å²) < 4.78 is 0. The van der Waals surface area contributed by atoms with Gasteiger partial charge < -0.3 is 10.6 Å². The molecule has 3 saturated carbocycles. The molecule has 2 atom stereocenters. The van der Waals surface area contributed by atoms with Crippen molar-refractivity contribution < 1.29 is 4.79 Å². The number of rotatable bonds is 3. The van der Waals surface area contributed by atoms with Gasteiger partial charge in [-0.1, -0.05) is 38.5 Å². The zero-order chi connectivity index (χ0) is 14.7. The minimum Gasteiger partial charge on any atom is -0.336 e. The second kappa shape index (κ2) is 7.13. The Kier molecular flexibility index (Phi) is 5.20. The van der Waals surface area contributed by atoms with Gasteiger partial charge in [0.25, 0.3) is 0 Å². The van der Waals surface area contributed by atoms with Crippen LogP contribution in [-0.2, 0) is 4.79 Å². The first-order chi connectivity index (χ1) is 10.3. The molecule has 0 bridgehead atoms. The second-order valence-electron chi connectivity index (χ2n) is 7.60. The van der Waals surface area contributed by atoms with Gasteiger partial charge in [-0.25, -0.2) is 0 Å². The first kappa shape index (κ1) is 15.3. The monoisotopic (exact) mass is 292 g/mol. The molecule has 0 aromatic heterocycles. The van der Waals surface area contributed by atoms with E-state index < -0.39 is 0 Å². The van der Waals surface area contributed by atoms with Crippen molar-refractivity contribution in [2.75, 3.05) is 0 Å². The number of nitrogens with two attached hydrogens (primary N) is 1. The Labute approximate surface area is 129 Å². The van der Waals surface area contributed by atoms with Crippen LogP contribution in [0.1, 0.15) is 83.5 Å². The van der Waals surface area contributed by atoms with Crippen molar-refractivity contribution in [3.05, 3.63) is 0 Å². The smallest absolute Gasteiger partial charge is 0.226 e. The van der Waals surface area contributed by atoms with Crippen LogP contribution in [0, 0.1) is 5.92 Å². The van der Waals surface area contributed by atoms with Crippen LogP contribution in [0.5, 0.6) is 0 Å². The van der Waals surface area contributed by atoms with Crippen molar-refractivity contribution in [1.82, 2.24) is 4.90 Å². The molecule has 3 aliphatic rings. The molecule has 3 fully saturated rings. The molecular weight excluding hydrogens is 260 g/mol. The van der Waals surface area contributed by atoms with E-state index in [1.807, 2.05) is 0 Å². The third kappa shape index (κ3) is 3.61. The van der Waals surface area contributed by atoms with E-state index in [0.717, 1.165) is 19.3 Å². The fraction of sp³-hybridized carbons (Fsp3) is 0.944. The van der Waals surface area contributed by atoms with E-state index in [0.29, 0.717) is 18.0 Å².